The molecule has 0 aliphatic rings. The zero-order chi connectivity index (χ0) is 11.3. The maximum Gasteiger partial charge on any atom is 0.0270 e. The number of likely N-dealkylation sites (N-methyl/N-ethyl adjacent to an activating group) is 1. The first-order valence-corrected chi connectivity index (χ1v) is 5.80. The van der Waals surface area contributed by atoms with E-state index in [1.165, 1.54) is 5.56 Å². The van der Waals surface area contributed by atoms with Crippen molar-refractivity contribution in [2.45, 2.75) is 39.7 Å². The van der Waals surface area contributed by atoms with Gasteiger partial charge in [-0.25, -0.2) is 0 Å². The summed E-state index contributed by atoms with van der Waals surface area (Å²) in [4.78, 5) is 4.06. The van der Waals surface area contributed by atoms with Crippen LogP contribution >= 0.6 is 0 Å². The summed E-state index contributed by atoms with van der Waals surface area (Å²) in [6, 6.07) is 4.76. The van der Waals surface area contributed by atoms with Crippen LogP contribution in [0.5, 0.6) is 0 Å². The lowest BCUT2D eigenvalue weighted by Crippen LogP contribution is -2.38. The molecule has 15 heavy (non-hydrogen) atoms. The molecule has 0 bridgehead atoms. The first kappa shape index (κ1) is 12.2. The van der Waals surface area contributed by atoms with Crippen LogP contribution in [-0.2, 0) is 0 Å². The number of nitrogens with zero attached hydrogens (tertiary/aromatic N) is 1. The minimum atomic E-state index is 0.535. The van der Waals surface area contributed by atoms with E-state index in [0.717, 1.165) is 6.54 Å². The summed E-state index contributed by atoms with van der Waals surface area (Å²) < 4.78 is 0. The molecule has 2 unspecified atom stereocenters. The van der Waals surface area contributed by atoms with Gasteiger partial charge in [-0.05, 0) is 36.1 Å². The molecular formula is C13H22N2. The lowest BCUT2D eigenvalue weighted by atomic mass is 9.87. The van der Waals surface area contributed by atoms with Crippen molar-refractivity contribution < 1.29 is 0 Å². The monoisotopic (exact) mass is 206 g/mol. The molecule has 1 heterocycles. The number of hydrogen-bond donors (Lipinski definition) is 1. The fourth-order valence-electron chi connectivity index (χ4n) is 2.10. The smallest absolute Gasteiger partial charge is 0.0270 e. The predicted molar refractivity (Wildman–Crippen MR) is 65.0 cm³/mol. The Labute approximate surface area is 93.1 Å². The highest BCUT2D eigenvalue weighted by Crippen LogP contribution is 2.23. The molecular weight excluding hydrogens is 184 g/mol. The molecule has 0 saturated carbocycles. The second-order valence-corrected chi connectivity index (χ2v) is 4.40. The average Bonchev–Trinajstić information content (AvgIpc) is 2.26. The van der Waals surface area contributed by atoms with Crippen LogP contribution in [0.3, 0.4) is 0 Å². The summed E-state index contributed by atoms with van der Waals surface area (Å²) in [5.74, 6) is 1.18. The molecule has 1 aromatic rings. The second kappa shape index (κ2) is 5.86. The van der Waals surface area contributed by atoms with E-state index in [1.807, 2.05) is 12.4 Å². The van der Waals surface area contributed by atoms with Crippen molar-refractivity contribution in [1.82, 2.24) is 10.3 Å². The summed E-state index contributed by atoms with van der Waals surface area (Å²) in [7, 11) is 0. The molecule has 0 spiro atoms. The van der Waals surface area contributed by atoms with Gasteiger partial charge in [0.1, 0.15) is 0 Å². The van der Waals surface area contributed by atoms with Crippen molar-refractivity contribution in [3.8, 4) is 0 Å². The van der Waals surface area contributed by atoms with E-state index >= 15 is 0 Å². The van der Waals surface area contributed by atoms with Crippen molar-refractivity contribution in [1.29, 1.82) is 0 Å². The highest BCUT2D eigenvalue weighted by atomic mass is 14.9. The van der Waals surface area contributed by atoms with Gasteiger partial charge in [0.2, 0.25) is 0 Å². The number of rotatable bonds is 5. The van der Waals surface area contributed by atoms with Crippen LogP contribution in [0.1, 0.15) is 39.2 Å². The molecule has 84 valence electrons. The van der Waals surface area contributed by atoms with Gasteiger partial charge < -0.3 is 5.32 Å². The Hall–Kier alpha value is -0.890. The normalized spacial score (nSPS) is 15.3. The topological polar surface area (TPSA) is 24.9 Å². The average molecular weight is 206 g/mol. The first-order valence-electron chi connectivity index (χ1n) is 5.80. The van der Waals surface area contributed by atoms with Gasteiger partial charge >= 0.3 is 0 Å². The highest BCUT2D eigenvalue weighted by Gasteiger charge is 2.20. The molecule has 2 atom stereocenters. The Morgan fingerprint density at radius 1 is 1.20 bits per heavy atom. The maximum atomic E-state index is 4.06. The minimum Gasteiger partial charge on any atom is -0.313 e. The lowest BCUT2D eigenvalue weighted by molar-refractivity contribution is 0.360. The number of hydrogen-bond acceptors (Lipinski definition) is 2. The molecule has 2 heteroatoms. The van der Waals surface area contributed by atoms with Crippen molar-refractivity contribution in [2.24, 2.45) is 5.92 Å². The standard InChI is InChI=1S/C13H22N2/c1-5-15-13(10(2)3)11(4)12-6-8-14-9-7-12/h6-11,13,15H,5H2,1-4H3. The summed E-state index contributed by atoms with van der Waals surface area (Å²) in [5, 5.41) is 3.56. The predicted octanol–water partition coefficient (Wildman–Crippen LogP) is 2.82. The molecule has 0 amide bonds. The minimum absolute atomic E-state index is 0.535. The highest BCUT2D eigenvalue weighted by molar-refractivity contribution is 5.17. The zero-order valence-corrected chi connectivity index (χ0v) is 10.2. The van der Waals surface area contributed by atoms with Gasteiger partial charge in [0, 0.05) is 18.4 Å². The molecule has 0 fully saturated rings. The summed E-state index contributed by atoms with van der Waals surface area (Å²) in [5.41, 5.74) is 1.37. The van der Waals surface area contributed by atoms with Crippen molar-refractivity contribution in [2.75, 3.05) is 6.54 Å². The van der Waals surface area contributed by atoms with Crippen LogP contribution in [0.25, 0.3) is 0 Å². The molecule has 0 aliphatic carbocycles. The van der Waals surface area contributed by atoms with Crippen molar-refractivity contribution in [3.63, 3.8) is 0 Å². The van der Waals surface area contributed by atoms with Gasteiger partial charge in [0.15, 0.2) is 0 Å². The summed E-state index contributed by atoms with van der Waals surface area (Å²) >= 11 is 0. The van der Waals surface area contributed by atoms with E-state index in [9.17, 15) is 0 Å². The summed E-state index contributed by atoms with van der Waals surface area (Å²) in [6.45, 7) is 10.0. The molecule has 1 aromatic heterocycles. The zero-order valence-electron chi connectivity index (χ0n) is 10.2. The van der Waals surface area contributed by atoms with Crippen LogP contribution in [0.4, 0.5) is 0 Å². The van der Waals surface area contributed by atoms with Crippen LogP contribution in [0, 0.1) is 5.92 Å². The SMILES string of the molecule is CCNC(C(C)C)C(C)c1ccncc1. The molecule has 0 aromatic carbocycles. The third-order valence-electron chi connectivity index (χ3n) is 2.93. The van der Waals surface area contributed by atoms with Crippen molar-refractivity contribution >= 4 is 0 Å². The van der Waals surface area contributed by atoms with Gasteiger partial charge in [0.05, 0.1) is 0 Å². The number of nitrogens with one attached hydrogen (secondary N) is 1. The van der Waals surface area contributed by atoms with Gasteiger partial charge in [-0.15, -0.1) is 0 Å². The Bertz CT molecular complexity index is 269. The molecule has 1 N–H and O–H groups in total. The Morgan fingerprint density at radius 3 is 2.27 bits per heavy atom. The van der Waals surface area contributed by atoms with E-state index in [4.69, 9.17) is 0 Å². The Balaban J connectivity index is 2.76. The van der Waals surface area contributed by atoms with Gasteiger partial charge in [-0.2, -0.15) is 0 Å². The van der Waals surface area contributed by atoms with Crippen molar-refractivity contribution in [3.05, 3.63) is 30.1 Å². The van der Waals surface area contributed by atoms with E-state index < -0.39 is 0 Å². The van der Waals surface area contributed by atoms with E-state index in [1.54, 1.807) is 0 Å². The number of aromatic nitrogens is 1. The fourth-order valence-corrected chi connectivity index (χ4v) is 2.10. The maximum absolute atomic E-state index is 4.06. The van der Waals surface area contributed by atoms with Gasteiger partial charge in [-0.3, -0.25) is 4.98 Å². The fraction of sp³-hybridized carbons (Fsp3) is 0.615. The van der Waals surface area contributed by atoms with E-state index in [2.05, 4.69) is 50.1 Å². The van der Waals surface area contributed by atoms with Gasteiger partial charge in [-0.1, -0.05) is 27.7 Å². The Kier molecular flexibility index (Phi) is 4.76. The third kappa shape index (κ3) is 3.31. The number of pyridine rings is 1. The molecule has 0 aliphatic heterocycles. The van der Waals surface area contributed by atoms with Crippen LogP contribution in [0.15, 0.2) is 24.5 Å². The quantitative estimate of drug-likeness (QED) is 0.801. The Morgan fingerprint density at radius 2 is 1.80 bits per heavy atom. The first-order chi connectivity index (χ1) is 7.16. The van der Waals surface area contributed by atoms with Crippen LogP contribution in [-0.4, -0.2) is 17.6 Å². The lowest BCUT2D eigenvalue weighted by Gasteiger charge is -2.28. The van der Waals surface area contributed by atoms with E-state index in [0.29, 0.717) is 17.9 Å². The van der Waals surface area contributed by atoms with E-state index in [-0.39, 0.29) is 0 Å². The van der Waals surface area contributed by atoms with Crippen LogP contribution in [0.2, 0.25) is 0 Å². The molecule has 0 saturated heterocycles. The van der Waals surface area contributed by atoms with Crippen LogP contribution < -0.4 is 5.32 Å². The third-order valence-corrected chi connectivity index (χ3v) is 2.93. The molecule has 0 radical (unpaired) electrons. The molecule has 1 rings (SSSR count). The second-order valence-electron chi connectivity index (χ2n) is 4.40. The summed E-state index contributed by atoms with van der Waals surface area (Å²) in [6.07, 6.45) is 3.74. The molecule has 2 nitrogen and oxygen atoms in total. The van der Waals surface area contributed by atoms with Gasteiger partial charge in [0.25, 0.3) is 0 Å². The largest absolute Gasteiger partial charge is 0.313 e.